The number of fused-ring (bicyclic) bond motifs is 1. The third-order valence-corrected chi connectivity index (χ3v) is 8.17. The minimum atomic E-state index is -3.72. The number of hydrogen-bond donors (Lipinski definition) is 1. The van der Waals surface area contributed by atoms with E-state index in [4.69, 9.17) is 0 Å². The average Bonchev–Trinajstić information content (AvgIpc) is 2.97. The molecular weight excluding hydrogens is 372 g/mol. The van der Waals surface area contributed by atoms with Crippen molar-refractivity contribution in [2.75, 3.05) is 17.9 Å². The zero-order chi connectivity index (χ0) is 19.3. The predicted molar refractivity (Wildman–Crippen MR) is 102 cm³/mol. The van der Waals surface area contributed by atoms with Crippen LogP contribution >= 0.6 is 0 Å². The molecule has 3 rings (SSSR count). The monoisotopic (exact) mass is 394 g/mol. The standard InChI is InChI=1S/C18H22N2O4S2/c1-12-9-13(2)18(14(3)10-12)26(23,24)20-8-7-15-11-16(5-6-17(15)20)25(21,22)19-4/h5-6,9-11,19H,7-8H2,1-4H3. The summed E-state index contributed by atoms with van der Waals surface area (Å²) in [6.45, 7) is 5.83. The lowest BCUT2D eigenvalue weighted by Gasteiger charge is -2.22. The van der Waals surface area contributed by atoms with Gasteiger partial charge >= 0.3 is 0 Å². The third kappa shape index (κ3) is 3.02. The van der Waals surface area contributed by atoms with Crippen LogP contribution in [0.1, 0.15) is 22.3 Å². The van der Waals surface area contributed by atoms with Crippen molar-refractivity contribution in [3.8, 4) is 0 Å². The van der Waals surface area contributed by atoms with Gasteiger partial charge in [0.15, 0.2) is 0 Å². The first kappa shape index (κ1) is 18.9. The van der Waals surface area contributed by atoms with Crippen LogP contribution in [-0.4, -0.2) is 30.4 Å². The molecule has 0 unspecified atom stereocenters. The van der Waals surface area contributed by atoms with Gasteiger partial charge in [0.05, 0.1) is 15.5 Å². The number of anilines is 1. The molecule has 0 amide bonds. The lowest BCUT2D eigenvalue weighted by molar-refractivity contribution is 0.587. The van der Waals surface area contributed by atoms with Gasteiger partial charge in [-0.3, -0.25) is 4.31 Å². The number of benzene rings is 2. The van der Waals surface area contributed by atoms with Crippen molar-refractivity contribution in [3.63, 3.8) is 0 Å². The zero-order valence-electron chi connectivity index (χ0n) is 15.2. The highest BCUT2D eigenvalue weighted by Crippen LogP contribution is 2.36. The van der Waals surface area contributed by atoms with Crippen molar-refractivity contribution < 1.29 is 16.8 Å². The molecule has 1 aliphatic rings. The molecule has 0 spiro atoms. The lowest BCUT2D eigenvalue weighted by Crippen LogP contribution is -2.30. The summed E-state index contributed by atoms with van der Waals surface area (Å²) in [6.07, 6.45) is 0.478. The van der Waals surface area contributed by atoms with Gasteiger partial charge in [-0.2, -0.15) is 0 Å². The summed E-state index contributed by atoms with van der Waals surface area (Å²) >= 11 is 0. The maximum atomic E-state index is 13.3. The van der Waals surface area contributed by atoms with Crippen molar-refractivity contribution in [2.24, 2.45) is 0 Å². The second-order valence-electron chi connectivity index (χ2n) is 6.55. The Bertz CT molecular complexity index is 1070. The van der Waals surface area contributed by atoms with E-state index in [2.05, 4.69) is 4.72 Å². The van der Waals surface area contributed by atoms with Gasteiger partial charge in [0, 0.05) is 6.54 Å². The van der Waals surface area contributed by atoms with Gasteiger partial charge in [-0.05, 0) is 69.1 Å². The average molecular weight is 395 g/mol. The van der Waals surface area contributed by atoms with Gasteiger partial charge in [0.25, 0.3) is 10.0 Å². The van der Waals surface area contributed by atoms with E-state index in [0.717, 1.165) is 5.56 Å². The smallest absolute Gasteiger partial charge is 0.264 e. The van der Waals surface area contributed by atoms with E-state index >= 15 is 0 Å². The Morgan fingerprint density at radius 1 is 0.962 bits per heavy atom. The number of rotatable bonds is 4. The molecule has 26 heavy (non-hydrogen) atoms. The van der Waals surface area contributed by atoms with Crippen molar-refractivity contribution in [1.82, 2.24) is 4.72 Å². The van der Waals surface area contributed by atoms with Crippen LogP contribution < -0.4 is 9.03 Å². The van der Waals surface area contributed by atoms with Crippen molar-refractivity contribution in [1.29, 1.82) is 0 Å². The summed E-state index contributed by atoms with van der Waals surface area (Å²) in [5.74, 6) is 0. The highest BCUT2D eigenvalue weighted by atomic mass is 32.2. The van der Waals surface area contributed by atoms with Gasteiger partial charge in [-0.15, -0.1) is 0 Å². The molecule has 0 bridgehead atoms. The number of nitrogens with zero attached hydrogens (tertiary/aromatic N) is 1. The summed E-state index contributed by atoms with van der Waals surface area (Å²) in [6, 6.07) is 8.28. The van der Waals surface area contributed by atoms with Gasteiger partial charge in [0.2, 0.25) is 10.0 Å². The quantitative estimate of drug-likeness (QED) is 0.862. The summed E-state index contributed by atoms with van der Waals surface area (Å²) < 4.78 is 54.2. The Labute approximate surface area is 155 Å². The van der Waals surface area contributed by atoms with Gasteiger partial charge < -0.3 is 0 Å². The maximum absolute atomic E-state index is 13.3. The normalized spacial score (nSPS) is 14.5. The third-order valence-electron chi connectivity index (χ3n) is 4.64. The van der Waals surface area contributed by atoms with Crippen LogP contribution in [0.15, 0.2) is 40.1 Å². The fourth-order valence-electron chi connectivity index (χ4n) is 3.57. The Kier molecular flexibility index (Phi) is 4.62. The van der Waals surface area contributed by atoms with Crippen LogP contribution in [0.5, 0.6) is 0 Å². The Hall–Kier alpha value is -1.90. The molecule has 0 aromatic heterocycles. The first-order chi connectivity index (χ1) is 12.1. The molecule has 0 atom stereocenters. The number of hydrogen-bond acceptors (Lipinski definition) is 4. The summed E-state index contributed by atoms with van der Waals surface area (Å²) in [5, 5.41) is 0. The maximum Gasteiger partial charge on any atom is 0.264 e. The molecule has 2 aromatic carbocycles. The molecule has 0 saturated heterocycles. The fourth-order valence-corrected chi connectivity index (χ4v) is 6.27. The molecule has 2 aromatic rings. The van der Waals surface area contributed by atoms with E-state index in [1.807, 2.05) is 19.1 Å². The summed E-state index contributed by atoms with van der Waals surface area (Å²) in [7, 11) is -5.93. The number of nitrogens with one attached hydrogen (secondary N) is 1. The van der Waals surface area contributed by atoms with E-state index in [0.29, 0.717) is 40.2 Å². The van der Waals surface area contributed by atoms with Crippen LogP contribution in [-0.2, 0) is 26.5 Å². The molecule has 0 fully saturated rings. The molecule has 6 nitrogen and oxygen atoms in total. The van der Waals surface area contributed by atoms with Crippen molar-refractivity contribution in [3.05, 3.63) is 52.6 Å². The van der Waals surface area contributed by atoms with Gasteiger partial charge in [-0.1, -0.05) is 17.7 Å². The van der Waals surface area contributed by atoms with E-state index < -0.39 is 20.0 Å². The second-order valence-corrected chi connectivity index (χ2v) is 10.2. The molecular formula is C18H22N2O4S2. The first-order valence-electron chi connectivity index (χ1n) is 8.25. The van der Waals surface area contributed by atoms with Gasteiger partial charge in [-0.25, -0.2) is 21.6 Å². The Morgan fingerprint density at radius 3 is 2.15 bits per heavy atom. The van der Waals surface area contributed by atoms with E-state index in [1.165, 1.54) is 17.4 Å². The van der Waals surface area contributed by atoms with Crippen LogP contribution in [0.2, 0.25) is 0 Å². The minimum absolute atomic E-state index is 0.140. The Morgan fingerprint density at radius 2 is 1.58 bits per heavy atom. The lowest BCUT2D eigenvalue weighted by atomic mass is 10.1. The largest absolute Gasteiger partial charge is 0.266 e. The predicted octanol–water partition coefficient (Wildman–Crippen LogP) is 2.27. The molecule has 1 heterocycles. The fraction of sp³-hybridized carbons (Fsp3) is 0.333. The van der Waals surface area contributed by atoms with Crippen molar-refractivity contribution in [2.45, 2.75) is 37.0 Å². The topological polar surface area (TPSA) is 83.6 Å². The summed E-state index contributed by atoms with van der Waals surface area (Å²) in [5.41, 5.74) is 3.70. The highest BCUT2D eigenvalue weighted by Gasteiger charge is 2.33. The molecule has 0 aliphatic carbocycles. The highest BCUT2D eigenvalue weighted by molar-refractivity contribution is 7.93. The van der Waals surface area contributed by atoms with E-state index in [9.17, 15) is 16.8 Å². The van der Waals surface area contributed by atoms with Crippen LogP contribution in [0.25, 0.3) is 0 Å². The second kappa shape index (κ2) is 6.37. The molecule has 1 aliphatic heterocycles. The first-order valence-corrected chi connectivity index (χ1v) is 11.2. The molecule has 8 heteroatoms. The SMILES string of the molecule is CNS(=O)(=O)c1ccc2c(c1)CCN2S(=O)(=O)c1c(C)cc(C)cc1C. The number of sulfonamides is 2. The molecule has 0 radical (unpaired) electrons. The molecule has 1 N–H and O–H groups in total. The Balaban J connectivity index is 2.10. The molecule has 0 saturated carbocycles. The van der Waals surface area contributed by atoms with Crippen molar-refractivity contribution >= 4 is 25.7 Å². The van der Waals surface area contributed by atoms with Crippen LogP contribution in [0.4, 0.5) is 5.69 Å². The zero-order valence-corrected chi connectivity index (χ0v) is 16.8. The number of aryl methyl sites for hydroxylation is 3. The van der Waals surface area contributed by atoms with E-state index in [1.54, 1.807) is 26.0 Å². The minimum Gasteiger partial charge on any atom is -0.266 e. The van der Waals surface area contributed by atoms with E-state index in [-0.39, 0.29) is 4.90 Å². The van der Waals surface area contributed by atoms with Crippen LogP contribution in [0.3, 0.4) is 0 Å². The van der Waals surface area contributed by atoms with Crippen LogP contribution in [0, 0.1) is 20.8 Å². The van der Waals surface area contributed by atoms with Gasteiger partial charge in [0.1, 0.15) is 0 Å². The summed E-state index contributed by atoms with van der Waals surface area (Å²) in [4.78, 5) is 0.462. The molecule has 140 valence electrons.